The zero-order valence-electron chi connectivity index (χ0n) is 18.0. The Morgan fingerprint density at radius 2 is 2.00 bits per heavy atom. The maximum Gasteiger partial charge on any atom is 0.410 e. The maximum absolute atomic E-state index is 13.9. The molecule has 2 aromatic rings. The van der Waals surface area contributed by atoms with Gasteiger partial charge in [-0.05, 0) is 17.7 Å². The molecule has 2 aliphatic rings. The number of fused-ring (bicyclic) bond motifs is 1. The lowest BCUT2D eigenvalue weighted by Crippen LogP contribution is -2.41. The number of morpholine rings is 1. The summed E-state index contributed by atoms with van der Waals surface area (Å²) >= 11 is 6.36. The fraction of sp³-hybridized carbons (Fsp3) is 0.524. The van der Waals surface area contributed by atoms with E-state index < -0.39 is 24.2 Å². The maximum atomic E-state index is 13.9. The van der Waals surface area contributed by atoms with Crippen LogP contribution in [0.1, 0.15) is 34.6 Å². The van der Waals surface area contributed by atoms with Crippen LogP contribution in [0.2, 0.25) is 5.02 Å². The lowest BCUT2D eigenvalue weighted by molar-refractivity contribution is -0.173. The van der Waals surface area contributed by atoms with Crippen molar-refractivity contribution in [2.45, 2.75) is 24.7 Å². The van der Waals surface area contributed by atoms with E-state index in [9.17, 15) is 18.0 Å². The molecule has 8 nitrogen and oxygen atoms in total. The number of methoxy groups -OCH3 is 1. The van der Waals surface area contributed by atoms with Crippen molar-refractivity contribution in [3.63, 3.8) is 0 Å². The predicted molar refractivity (Wildman–Crippen MR) is 116 cm³/mol. The molecule has 180 valence electrons. The van der Waals surface area contributed by atoms with Gasteiger partial charge in [0.25, 0.3) is 5.91 Å². The molecule has 2 atom stereocenters. The molecule has 33 heavy (non-hydrogen) atoms. The van der Waals surface area contributed by atoms with Crippen molar-refractivity contribution in [3.05, 3.63) is 40.5 Å². The van der Waals surface area contributed by atoms with E-state index in [1.807, 2.05) is 0 Å². The first-order valence-corrected chi connectivity index (χ1v) is 11.0. The Morgan fingerprint density at radius 3 is 2.64 bits per heavy atom. The summed E-state index contributed by atoms with van der Waals surface area (Å²) in [5.74, 6) is -0.0377. The molecule has 1 aromatic heterocycles. The third-order valence-corrected chi connectivity index (χ3v) is 6.20. The second-order valence-electron chi connectivity index (χ2n) is 7.93. The van der Waals surface area contributed by atoms with Crippen molar-refractivity contribution in [2.24, 2.45) is 0 Å². The number of nitrogens with one attached hydrogen (secondary N) is 2. The van der Waals surface area contributed by atoms with Crippen LogP contribution in [0.4, 0.5) is 19.0 Å². The van der Waals surface area contributed by atoms with Crippen LogP contribution in [0.25, 0.3) is 0 Å². The third kappa shape index (κ3) is 5.20. The molecular formula is C21H25ClF3N5O3. The van der Waals surface area contributed by atoms with Gasteiger partial charge in [-0.15, -0.1) is 0 Å². The molecular weight excluding hydrogens is 463 g/mol. The minimum atomic E-state index is -4.57. The molecule has 0 unspecified atom stereocenters. The molecule has 0 aliphatic carbocycles. The summed E-state index contributed by atoms with van der Waals surface area (Å²) in [4.78, 5) is 14.8. The van der Waals surface area contributed by atoms with E-state index in [1.54, 1.807) is 24.3 Å². The van der Waals surface area contributed by atoms with Gasteiger partial charge in [-0.2, -0.15) is 18.3 Å². The highest BCUT2D eigenvalue weighted by Crippen LogP contribution is 2.46. The largest absolute Gasteiger partial charge is 0.497 e. The van der Waals surface area contributed by atoms with E-state index in [0.717, 1.165) is 17.8 Å². The fourth-order valence-corrected chi connectivity index (χ4v) is 4.29. The molecule has 0 saturated carbocycles. The number of ether oxygens (including phenoxy) is 2. The second kappa shape index (κ2) is 9.78. The van der Waals surface area contributed by atoms with E-state index in [-0.39, 0.29) is 23.0 Å². The van der Waals surface area contributed by atoms with Crippen LogP contribution in [0.5, 0.6) is 5.75 Å². The van der Waals surface area contributed by atoms with E-state index >= 15 is 0 Å². The zero-order chi connectivity index (χ0) is 23.6. The van der Waals surface area contributed by atoms with Crippen LogP contribution in [0.3, 0.4) is 0 Å². The molecule has 0 bridgehead atoms. The number of halogens is 4. The average molecular weight is 488 g/mol. The van der Waals surface area contributed by atoms with Crippen molar-refractivity contribution in [1.82, 2.24) is 20.0 Å². The van der Waals surface area contributed by atoms with E-state index in [2.05, 4.69) is 20.6 Å². The highest BCUT2D eigenvalue weighted by molar-refractivity contribution is 6.36. The number of benzene rings is 1. The number of hydrogen-bond donors (Lipinski definition) is 2. The van der Waals surface area contributed by atoms with Crippen molar-refractivity contribution in [1.29, 1.82) is 0 Å². The molecule has 12 heteroatoms. The summed E-state index contributed by atoms with van der Waals surface area (Å²) in [6, 6.07) is 4.17. The van der Waals surface area contributed by atoms with Gasteiger partial charge in [-0.3, -0.25) is 9.69 Å². The van der Waals surface area contributed by atoms with Crippen molar-refractivity contribution < 1.29 is 27.4 Å². The Hall–Kier alpha value is -2.50. The number of hydrogen-bond acceptors (Lipinski definition) is 6. The van der Waals surface area contributed by atoms with E-state index in [1.165, 1.54) is 7.11 Å². The summed E-state index contributed by atoms with van der Waals surface area (Å²) in [6.45, 7) is 3.71. The molecule has 1 aromatic carbocycles. The Bertz CT molecular complexity index is 977. The number of amides is 1. The van der Waals surface area contributed by atoms with Gasteiger partial charge in [0.15, 0.2) is 11.7 Å². The molecule has 4 rings (SSSR count). The minimum Gasteiger partial charge on any atom is -0.497 e. The quantitative estimate of drug-likeness (QED) is 0.651. The molecule has 2 N–H and O–H groups in total. The summed E-state index contributed by atoms with van der Waals surface area (Å²) in [7, 11) is 1.51. The van der Waals surface area contributed by atoms with Crippen molar-refractivity contribution in [2.75, 3.05) is 51.8 Å². The number of carbonyl (C=O) groups excluding carboxylic acids is 1. The van der Waals surface area contributed by atoms with Crippen LogP contribution in [-0.2, 0) is 4.74 Å². The summed E-state index contributed by atoms with van der Waals surface area (Å²) < 4.78 is 52.9. The highest BCUT2D eigenvalue weighted by atomic mass is 35.5. The minimum absolute atomic E-state index is 0.0237. The van der Waals surface area contributed by atoms with Crippen LogP contribution >= 0.6 is 11.6 Å². The van der Waals surface area contributed by atoms with Gasteiger partial charge in [-0.25, -0.2) is 4.68 Å². The predicted octanol–water partition coefficient (Wildman–Crippen LogP) is 3.27. The molecule has 0 radical (unpaired) electrons. The molecule has 2 aliphatic heterocycles. The lowest BCUT2D eigenvalue weighted by Gasteiger charge is -2.33. The fourth-order valence-electron chi connectivity index (χ4n) is 4.03. The molecule has 0 spiro atoms. The van der Waals surface area contributed by atoms with Crippen molar-refractivity contribution >= 4 is 23.3 Å². The van der Waals surface area contributed by atoms with Gasteiger partial charge in [0, 0.05) is 32.6 Å². The Morgan fingerprint density at radius 1 is 1.30 bits per heavy atom. The summed E-state index contributed by atoms with van der Waals surface area (Å²) in [5, 5.41) is 9.55. The molecule has 3 heterocycles. The number of nitrogens with zero attached hydrogens (tertiary/aromatic N) is 3. The number of carbonyl (C=O) groups is 1. The van der Waals surface area contributed by atoms with E-state index in [0.29, 0.717) is 37.6 Å². The molecule has 1 amide bonds. The van der Waals surface area contributed by atoms with Gasteiger partial charge in [0.1, 0.15) is 16.6 Å². The Labute approximate surface area is 194 Å². The standard InChI is InChI=1S/C21H25ClF3N5O3/c1-32-14-4-2-13(3-5-14)15-12-16(21(23,24)25)30-19(27-15)17(22)18(28-30)20(31)26-6-7-29-8-10-33-11-9-29/h2-5,15-16,27H,6-12H2,1H3,(H,26,31)/t15-,16-/m1/s1. The first-order chi connectivity index (χ1) is 15.8. The van der Waals surface area contributed by atoms with Crippen LogP contribution in [0.15, 0.2) is 24.3 Å². The monoisotopic (exact) mass is 487 g/mol. The third-order valence-electron chi connectivity index (χ3n) is 5.85. The van der Waals surface area contributed by atoms with Crippen molar-refractivity contribution in [3.8, 4) is 5.75 Å². The Kier molecular flexibility index (Phi) is 7.01. The highest BCUT2D eigenvalue weighted by Gasteiger charge is 2.47. The molecule has 1 fully saturated rings. The number of rotatable bonds is 6. The normalized spacial score (nSPS) is 21.2. The van der Waals surface area contributed by atoms with Crippen LogP contribution in [0, 0.1) is 0 Å². The summed E-state index contributed by atoms with van der Waals surface area (Å²) in [5.41, 5.74) is 0.413. The lowest BCUT2D eigenvalue weighted by atomic mass is 9.97. The van der Waals surface area contributed by atoms with Crippen LogP contribution in [-0.4, -0.2) is 73.3 Å². The van der Waals surface area contributed by atoms with E-state index in [4.69, 9.17) is 21.1 Å². The second-order valence-corrected chi connectivity index (χ2v) is 8.31. The van der Waals surface area contributed by atoms with Gasteiger partial charge in [-0.1, -0.05) is 23.7 Å². The van der Waals surface area contributed by atoms with Gasteiger partial charge >= 0.3 is 6.18 Å². The SMILES string of the molecule is COc1ccc([C@H]2C[C@H](C(F)(F)F)n3nc(C(=O)NCCN4CCOCC4)c(Cl)c3N2)cc1. The average Bonchev–Trinajstić information content (AvgIpc) is 3.15. The van der Waals surface area contributed by atoms with Crippen LogP contribution < -0.4 is 15.4 Å². The topological polar surface area (TPSA) is 80.7 Å². The number of aromatic nitrogens is 2. The number of alkyl halides is 3. The number of anilines is 1. The van der Waals surface area contributed by atoms with Gasteiger partial charge < -0.3 is 20.1 Å². The first kappa shape index (κ1) is 23.7. The summed E-state index contributed by atoms with van der Waals surface area (Å²) in [6.07, 6.45) is -4.86. The van der Waals surface area contributed by atoms with Gasteiger partial charge in [0.05, 0.1) is 26.4 Å². The molecule has 1 saturated heterocycles. The zero-order valence-corrected chi connectivity index (χ0v) is 18.7. The first-order valence-electron chi connectivity index (χ1n) is 10.6. The van der Waals surface area contributed by atoms with Gasteiger partial charge in [0.2, 0.25) is 0 Å². The Balaban J connectivity index is 1.53. The smallest absolute Gasteiger partial charge is 0.410 e.